The lowest BCUT2D eigenvalue weighted by Gasteiger charge is -2.32. The molecule has 31 heavy (non-hydrogen) atoms. The van der Waals surface area contributed by atoms with Crippen LogP contribution in [0.3, 0.4) is 0 Å². The smallest absolute Gasteiger partial charge is 0.321 e. The summed E-state index contributed by atoms with van der Waals surface area (Å²) in [6, 6.07) is 8.58. The number of carbonyl (C=O) groups excluding carboxylic acids is 1. The fraction of sp³-hybridized carbons (Fsp3) is 0.409. The molecule has 168 valence electrons. The Bertz CT molecular complexity index is 1010. The number of nitrogens with one attached hydrogen (secondary N) is 2. The van der Waals surface area contributed by atoms with Crippen LogP contribution in [0.2, 0.25) is 0 Å². The van der Waals surface area contributed by atoms with E-state index in [2.05, 4.69) is 10.0 Å². The number of rotatable bonds is 6. The topological polar surface area (TPSA) is 87.7 Å². The highest BCUT2D eigenvalue weighted by Gasteiger charge is 2.25. The maximum atomic E-state index is 13.0. The van der Waals surface area contributed by atoms with Crippen molar-refractivity contribution < 1.29 is 22.3 Å². The molecule has 1 aliphatic rings. The van der Waals surface area contributed by atoms with E-state index >= 15 is 0 Å². The van der Waals surface area contributed by atoms with Crippen molar-refractivity contribution >= 4 is 21.7 Å². The molecular formula is C22H28FN3O4S. The summed E-state index contributed by atoms with van der Waals surface area (Å²) in [5.74, 6) is 0.469. The van der Waals surface area contributed by atoms with Gasteiger partial charge in [0, 0.05) is 25.3 Å². The summed E-state index contributed by atoms with van der Waals surface area (Å²) in [5, 5.41) is 2.75. The molecule has 2 aromatic rings. The van der Waals surface area contributed by atoms with Crippen LogP contribution in [0.25, 0.3) is 0 Å². The van der Waals surface area contributed by atoms with Crippen molar-refractivity contribution in [3.05, 3.63) is 53.3 Å². The summed E-state index contributed by atoms with van der Waals surface area (Å²) in [4.78, 5) is 14.3. The summed E-state index contributed by atoms with van der Waals surface area (Å²) in [7, 11) is -2.07. The van der Waals surface area contributed by atoms with Crippen molar-refractivity contribution in [2.45, 2.75) is 31.6 Å². The number of amides is 2. The van der Waals surface area contributed by atoms with Crippen LogP contribution in [0.5, 0.6) is 5.75 Å². The van der Waals surface area contributed by atoms with Crippen molar-refractivity contribution in [2.75, 3.05) is 32.1 Å². The molecular weight excluding hydrogens is 421 g/mol. The van der Waals surface area contributed by atoms with Crippen molar-refractivity contribution in [3.8, 4) is 5.75 Å². The predicted molar refractivity (Wildman–Crippen MR) is 117 cm³/mol. The molecule has 1 aliphatic heterocycles. The molecule has 0 bridgehead atoms. The Morgan fingerprint density at radius 1 is 1.13 bits per heavy atom. The van der Waals surface area contributed by atoms with Crippen LogP contribution in [0.15, 0.2) is 41.3 Å². The van der Waals surface area contributed by atoms with Gasteiger partial charge >= 0.3 is 6.03 Å². The van der Waals surface area contributed by atoms with E-state index in [4.69, 9.17) is 4.74 Å². The Balaban J connectivity index is 1.51. The van der Waals surface area contributed by atoms with Gasteiger partial charge in [0.15, 0.2) is 0 Å². The van der Waals surface area contributed by atoms with E-state index in [1.807, 2.05) is 13.8 Å². The van der Waals surface area contributed by atoms with Gasteiger partial charge in [-0.05, 0) is 80.1 Å². The summed E-state index contributed by atoms with van der Waals surface area (Å²) in [6.45, 7) is 5.01. The number of hydrogen-bond acceptors (Lipinski definition) is 4. The van der Waals surface area contributed by atoms with Crippen molar-refractivity contribution in [2.24, 2.45) is 5.92 Å². The lowest BCUT2D eigenvalue weighted by molar-refractivity contribution is 0.183. The second-order valence-corrected chi connectivity index (χ2v) is 9.58. The summed E-state index contributed by atoms with van der Waals surface area (Å²) in [5.41, 5.74) is 2.07. The summed E-state index contributed by atoms with van der Waals surface area (Å²) in [6.07, 6.45) is 1.39. The molecule has 1 fully saturated rings. The largest absolute Gasteiger partial charge is 0.496 e. The Kier molecular flexibility index (Phi) is 7.17. The molecule has 1 heterocycles. The number of anilines is 1. The molecule has 0 spiro atoms. The highest BCUT2D eigenvalue weighted by molar-refractivity contribution is 7.89. The molecule has 0 atom stereocenters. The normalized spacial score (nSPS) is 15.0. The number of sulfonamides is 1. The van der Waals surface area contributed by atoms with E-state index in [0.29, 0.717) is 43.9 Å². The van der Waals surface area contributed by atoms with Gasteiger partial charge in [-0.25, -0.2) is 22.3 Å². The van der Waals surface area contributed by atoms with Crippen molar-refractivity contribution in [1.82, 2.24) is 9.62 Å². The number of likely N-dealkylation sites (tertiary alicyclic amines) is 1. The van der Waals surface area contributed by atoms with Gasteiger partial charge in [0.05, 0.1) is 12.0 Å². The lowest BCUT2D eigenvalue weighted by atomic mass is 9.97. The lowest BCUT2D eigenvalue weighted by Crippen LogP contribution is -2.43. The van der Waals surface area contributed by atoms with Gasteiger partial charge in [-0.15, -0.1) is 0 Å². The van der Waals surface area contributed by atoms with Crippen LogP contribution in [0.1, 0.15) is 24.0 Å². The molecule has 7 nitrogen and oxygen atoms in total. The number of nitrogens with zero attached hydrogens (tertiary/aromatic N) is 1. The monoisotopic (exact) mass is 449 g/mol. The summed E-state index contributed by atoms with van der Waals surface area (Å²) >= 11 is 0. The van der Waals surface area contributed by atoms with Gasteiger partial charge in [-0.2, -0.15) is 0 Å². The Labute approximate surface area is 182 Å². The minimum absolute atomic E-state index is 0.144. The number of halogens is 1. The molecule has 0 unspecified atom stereocenters. The minimum atomic E-state index is -3.63. The molecule has 9 heteroatoms. The molecule has 0 saturated carbocycles. The first-order valence-electron chi connectivity index (χ1n) is 10.2. The number of urea groups is 1. The van der Waals surface area contributed by atoms with Gasteiger partial charge in [0.25, 0.3) is 0 Å². The third-order valence-electron chi connectivity index (χ3n) is 5.51. The number of ether oxygens (including phenoxy) is 1. The van der Waals surface area contributed by atoms with E-state index in [9.17, 15) is 17.6 Å². The second kappa shape index (κ2) is 9.65. The van der Waals surface area contributed by atoms with E-state index < -0.39 is 10.0 Å². The zero-order valence-corrected chi connectivity index (χ0v) is 18.8. The highest BCUT2D eigenvalue weighted by atomic mass is 32.2. The third kappa shape index (κ3) is 5.74. The Morgan fingerprint density at radius 2 is 1.71 bits per heavy atom. The maximum absolute atomic E-state index is 13.0. The number of benzene rings is 2. The van der Waals surface area contributed by atoms with Crippen LogP contribution in [-0.4, -0.2) is 46.1 Å². The number of carbonyl (C=O) groups is 1. The molecule has 2 aromatic carbocycles. The quantitative estimate of drug-likeness (QED) is 0.704. The average Bonchev–Trinajstić information content (AvgIpc) is 2.74. The first-order valence-corrected chi connectivity index (χ1v) is 11.6. The second-order valence-electron chi connectivity index (χ2n) is 7.81. The fourth-order valence-electron chi connectivity index (χ4n) is 3.77. The van der Waals surface area contributed by atoms with Crippen molar-refractivity contribution in [3.63, 3.8) is 0 Å². The van der Waals surface area contributed by atoms with E-state index in [-0.39, 0.29) is 22.7 Å². The zero-order valence-electron chi connectivity index (χ0n) is 17.9. The Hall–Kier alpha value is -2.65. The molecule has 2 N–H and O–H groups in total. The minimum Gasteiger partial charge on any atom is -0.496 e. The maximum Gasteiger partial charge on any atom is 0.321 e. The molecule has 0 aliphatic carbocycles. The van der Waals surface area contributed by atoms with Crippen LogP contribution in [0, 0.1) is 25.6 Å². The van der Waals surface area contributed by atoms with Gasteiger partial charge in [0.1, 0.15) is 11.6 Å². The first kappa shape index (κ1) is 23.0. The Morgan fingerprint density at radius 3 is 2.26 bits per heavy atom. The van der Waals surface area contributed by atoms with E-state index in [1.165, 1.54) is 24.3 Å². The molecule has 1 saturated heterocycles. The van der Waals surface area contributed by atoms with E-state index in [1.54, 1.807) is 24.1 Å². The highest BCUT2D eigenvalue weighted by Crippen LogP contribution is 2.27. The van der Waals surface area contributed by atoms with Crippen LogP contribution in [0.4, 0.5) is 14.9 Å². The van der Waals surface area contributed by atoms with Gasteiger partial charge in [-0.3, -0.25) is 0 Å². The molecule has 3 rings (SSSR count). The molecule has 0 aromatic heterocycles. The van der Waals surface area contributed by atoms with Crippen LogP contribution < -0.4 is 14.8 Å². The summed E-state index contributed by atoms with van der Waals surface area (Å²) < 4.78 is 46.4. The SMILES string of the molecule is COc1c(C)cc(S(=O)(=O)NCC2CCN(C(=O)Nc3ccc(F)cc3)CC2)cc1C. The number of hydrogen-bond donors (Lipinski definition) is 2. The predicted octanol–water partition coefficient (Wildman–Crippen LogP) is 3.67. The van der Waals surface area contributed by atoms with Crippen LogP contribution in [-0.2, 0) is 10.0 Å². The van der Waals surface area contributed by atoms with Gasteiger partial charge in [-0.1, -0.05) is 0 Å². The average molecular weight is 450 g/mol. The number of aryl methyl sites for hydroxylation is 2. The van der Waals surface area contributed by atoms with Crippen molar-refractivity contribution in [1.29, 1.82) is 0 Å². The number of methoxy groups -OCH3 is 1. The third-order valence-corrected chi connectivity index (χ3v) is 6.91. The molecule has 0 radical (unpaired) electrons. The zero-order chi connectivity index (χ0) is 22.6. The molecule has 2 amide bonds. The van der Waals surface area contributed by atoms with Gasteiger partial charge < -0.3 is 15.0 Å². The van der Waals surface area contributed by atoms with E-state index in [0.717, 1.165) is 11.1 Å². The number of piperidine rings is 1. The van der Waals surface area contributed by atoms with Crippen LogP contribution >= 0.6 is 0 Å². The first-order chi connectivity index (χ1) is 14.7. The van der Waals surface area contributed by atoms with Gasteiger partial charge in [0.2, 0.25) is 10.0 Å². The fourth-order valence-corrected chi connectivity index (χ4v) is 5.06. The standard InChI is InChI=1S/C22H28FN3O4S/c1-15-12-20(13-16(2)21(15)30-3)31(28,29)24-14-17-8-10-26(11-9-17)22(27)25-19-6-4-18(23)5-7-19/h4-7,12-13,17,24H,8-11,14H2,1-3H3,(H,25,27).